The molecule has 1 heterocycles. The van der Waals surface area contributed by atoms with Gasteiger partial charge in [-0.1, -0.05) is 29.8 Å². The summed E-state index contributed by atoms with van der Waals surface area (Å²) in [5, 5.41) is 3.44. The van der Waals surface area contributed by atoms with Gasteiger partial charge in [-0.05, 0) is 37.8 Å². The molecule has 0 atom stereocenters. The van der Waals surface area contributed by atoms with E-state index in [9.17, 15) is 0 Å². The molecule has 3 nitrogen and oxygen atoms in total. The van der Waals surface area contributed by atoms with Crippen LogP contribution in [0.2, 0.25) is 0 Å². The van der Waals surface area contributed by atoms with Crippen LogP contribution in [0, 0.1) is 12.8 Å². The summed E-state index contributed by atoms with van der Waals surface area (Å²) in [5.74, 6) is 1.93. The lowest BCUT2D eigenvalue weighted by Gasteiger charge is -2.00. The standard InChI is InChI=1S/C15H19N3/c1-11-2-6-13(7-3-11)14-9-17-15(18-14)10-16-8-12-4-5-12/h2-3,6-7,9,12,16H,4-5,8,10H2,1H3,(H,17,18). The lowest BCUT2D eigenvalue weighted by atomic mass is 10.1. The topological polar surface area (TPSA) is 40.7 Å². The van der Waals surface area contributed by atoms with Crippen molar-refractivity contribution in [2.24, 2.45) is 5.92 Å². The van der Waals surface area contributed by atoms with Crippen molar-refractivity contribution in [3.05, 3.63) is 41.9 Å². The Bertz CT molecular complexity index is 509. The van der Waals surface area contributed by atoms with Gasteiger partial charge in [0.2, 0.25) is 0 Å². The third-order valence-corrected chi connectivity index (χ3v) is 3.41. The second kappa shape index (κ2) is 4.94. The predicted molar refractivity (Wildman–Crippen MR) is 73.2 cm³/mol. The van der Waals surface area contributed by atoms with Crippen LogP contribution in [0.25, 0.3) is 11.3 Å². The average Bonchev–Trinajstić information content (AvgIpc) is 3.08. The van der Waals surface area contributed by atoms with Gasteiger partial charge in [-0.2, -0.15) is 0 Å². The number of nitrogens with one attached hydrogen (secondary N) is 2. The first-order valence-electron chi connectivity index (χ1n) is 6.63. The maximum Gasteiger partial charge on any atom is 0.120 e. The van der Waals surface area contributed by atoms with Crippen LogP contribution in [-0.4, -0.2) is 16.5 Å². The molecule has 3 rings (SSSR count). The smallest absolute Gasteiger partial charge is 0.120 e. The first-order valence-corrected chi connectivity index (χ1v) is 6.63. The summed E-state index contributed by atoms with van der Waals surface area (Å²) in [5.41, 5.74) is 3.57. The van der Waals surface area contributed by atoms with Gasteiger partial charge in [0.05, 0.1) is 18.4 Å². The minimum Gasteiger partial charge on any atom is -0.341 e. The highest BCUT2D eigenvalue weighted by Gasteiger charge is 2.20. The van der Waals surface area contributed by atoms with Crippen molar-refractivity contribution in [2.75, 3.05) is 6.54 Å². The Balaban J connectivity index is 1.62. The van der Waals surface area contributed by atoms with Crippen LogP contribution in [-0.2, 0) is 6.54 Å². The quantitative estimate of drug-likeness (QED) is 0.845. The first kappa shape index (κ1) is 11.5. The van der Waals surface area contributed by atoms with Crippen LogP contribution >= 0.6 is 0 Å². The zero-order chi connectivity index (χ0) is 12.4. The summed E-state index contributed by atoms with van der Waals surface area (Å²) < 4.78 is 0. The van der Waals surface area contributed by atoms with Crippen LogP contribution in [0.15, 0.2) is 30.5 Å². The van der Waals surface area contributed by atoms with Crippen LogP contribution in [0.1, 0.15) is 24.2 Å². The molecule has 1 aliphatic carbocycles. The largest absolute Gasteiger partial charge is 0.341 e. The van der Waals surface area contributed by atoms with Gasteiger partial charge < -0.3 is 10.3 Å². The van der Waals surface area contributed by atoms with E-state index >= 15 is 0 Å². The summed E-state index contributed by atoms with van der Waals surface area (Å²) in [6.45, 7) is 4.06. The number of rotatable bonds is 5. The first-order chi connectivity index (χ1) is 8.81. The molecule has 1 aromatic carbocycles. The molecule has 0 saturated heterocycles. The molecule has 0 unspecified atom stereocenters. The minimum atomic E-state index is 0.836. The maximum absolute atomic E-state index is 4.41. The molecule has 1 aliphatic rings. The molecule has 3 heteroatoms. The van der Waals surface area contributed by atoms with E-state index in [1.807, 2.05) is 6.20 Å². The van der Waals surface area contributed by atoms with Gasteiger partial charge in [-0.15, -0.1) is 0 Å². The maximum atomic E-state index is 4.41. The third kappa shape index (κ3) is 2.79. The van der Waals surface area contributed by atoms with Gasteiger partial charge in [0.1, 0.15) is 5.82 Å². The van der Waals surface area contributed by atoms with E-state index in [0.29, 0.717) is 0 Å². The fraction of sp³-hybridized carbons (Fsp3) is 0.400. The minimum absolute atomic E-state index is 0.836. The number of H-pyrrole nitrogens is 1. The number of benzene rings is 1. The second-order valence-electron chi connectivity index (χ2n) is 5.18. The van der Waals surface area contributed by atoms with E-state index in [2.05, 4.69) is 46.5 Å². The van der Waals surface area contributed by atoms with Crippen LogP contribution in [0.5, 0.6) is 0 Å². The Morgan fingerprint density at radius 1 is 1.28 bits per heavy atom. The number of aryl methyl sites for hydroxylation is 1. The Morgan fingerprint density at radius 2 is 2.06 bits per heavy atom. The lowest BCUT2D eigenvalue weighted by molar-refractivity contribution is 0.623. The van der Waals surface area contributed by atoms with Crippen molar-refractivity contribution in [2.45, 2.75) is 26.3 Å². The zero-order valence-electron chi connectivity index (χ0n) is 10.7. The number of aromatic amines is 1. The van der Waals surface area contributed by atoms with Crippen LogP contribution in [0.4, 0.5) is 0 Å². The van der Waals surface area contributed by atoms with E-state index in [4.69, 9.17) is 0 Å². The predicted octanol–water partition coefficient (Wildman–Crippen LogP) is 2.88. The summed E-state index contributed by atoms with van der Waals surface area (Å²) in [4.78, 5) is 7.78. The van der Waals surface area contributed by atoms with Gasteiger partial charge >= 0.3 is 0 Å². The van der Waals surface area contributed by atoms with E-state index in [1.165, 1.54) is 24.0 Å². The Hall–Kier alpha value is -1.61. The molecule has 0 spiro atoms. The molecule has 0 aliphatic heterocycles. The molecule has 94 valence electrons. The molecule has 0 radical (unpaired) electrons. The van der Waals surface area contributed by atoms with Gasteiger partial charge in [-0.25, -0.2) is 4.98 Å². The van der Waals surface area contributed by atoms with Gasteiger partial charge in [0.15, 0.2) is 0 Å². The highest BCUT2D eigenvalue weighted by atomic mass is 15.0. The molecule has 2 aromatic rings. The monoisotopic (exact) mass is 241 g/mol. The Morgan fingerprint density at radius 3 is 2.78 bits per heavy atom. The summed E-state index contributed by atoms with van der Waals surface area (Å²) in [6, 6.07) is 8.51. The zero-order valence-corrected chi connectivity index (χ0v) is 10.7. The van der Waals surface area contributed by atoms with Crippen LogP contribution < -0.4 is 5.32 Å². The second-order valence-corrected chi connectivity index (χ2v) is 5.18. The number of aromatic nitrogens is 2. The van der Waals surface area contributed by atoms with Crippen molar-refractivity contribution in [3.8, 4) is 11.3 Å². The summed E-state index contributed by atoms with van der Waals surface area (Å²) >= 11 is 0. The normalized spacial score (nSPS) is 14.9. The molecule has 1 aromatic heterocycles. The van der Waals surface area contributed by atoms with Crippen molar-refractivity contribution in [1.29, 1.82) is 0 Å². The molecule has 0 bridgehead atoms. The molecular weight excluding hydrogens is 222 g/mol. The van der Waals surface area contributed by atoms with Crippen molar-refractivity contribution >= 4 is 0 Å². The van der Waals surface area contributed by atoms with E-state index in [0.717, 1.165) is 30.5 Å². The highest BCUT2D eigenvalue weighted by molar-refractivity contribution is 5.58. The van der Waals surface area contributed by atoms with Crippen LogP contribution in [0.3, 0.4) is 0 Å². The molecule has 1 saturated carbocycles. The van der Waals surface area contributed by atoms with E-state index < -0.39 is 0 Å². The number of nitrogens with zero attached hydrogens (tertiary/aromatic N) is 1. The van der Waals surface area contributed by atoms with Crippen molar-refractivity contribution < 1.29 is 0 Å². The van der Waals surface area contributed by atoms with E-state index in [-0.39, 0.29) is 0 Å². The fourth-order valence-corrected chi connectivity index (χ4v) is 2.05. The fourth-order valence-electron chi connectivity index (χ4n) is 2.05. The summed E-state index contributed by atoms with van der Waals surface area (Å²) in [6.07, 6.45) is 4.69. The Kier molecular flexibility index (Phi) is 3.15. The number of hydrogen-bond acceptors (Lipinski definition) is 2. The van der Waals surface area contributed by atoms with Gasteiger partial charge in [-0.3, -0.25) is 0 Å². The average molecular weight is 241 g/mol. The molecule has 0 amide bonds. The summed E-state index contributed by atoms with van der Waals surface area (Å²) in [7, 11) is 0. The number of hydrogen-bond donors (Lipinski definition) is 2. The lowest BCUT2D eigenvalue weighted by Crippen LogP contribution is -2.16. The highest BCUT2D eigenvalue weighted by Crippen LogP contribution is 2.27. The van der Waals surface area contributed by atoms with Gasteiger partial charge in [0, 0.05) is 0 Å². The Labute approximate surface area is 108 Å². The van der Waals surface area contributed by atoms with Crippen molar-refractivity contribution in [3.63, 3.8) is 0 Å². The van der Waals surface area contributed by atoms with Gasteiger partial charge in [0.25, 0.3) is 0 Å². The molecule has 2 N–H and O–H groups in total. The third-order valence-electron chi connectivity index (χ3n) is 3.41. The molecular formula is C15H19N3. The number of imidazole rings is 1. The SMILES string of the molecule is Cc1ccc(-c2cnc(CNCC3CC3)[nH]2)cc1. The van der Waals surface area contributed by atoms with E-state index in [1.54, 1.807) is 0 Å². The molecule has 18 heavy (non-hydrogen) atoms. The van der Waals surface area contributed by atoms with Crippen molar-refractivity contribution in [1.82, 2.24) is 15.3 Å². The molecule has 1 fully saturated rings.